The van der Waals surface area contributed by atoms with Crippen LogP contribution in [0, 0.1) is 10.8 Å². The lowest BCUT2D eigenvalue weighted by molar-refractivity contribution is -0.136. The van der Waals surface area contributed by atoms with Crippen LogP contribution in [0.15, 0.2) is 24.3 Å². The van der Waals surface area contributed by atoms with Crippen molar-refractivity contribution in [2.75, 3.05) is 48.5 Å². The minimum Gasteiger partial charge on any atom is -0.380 e. The van der Waals surface area contributed by atoms with E-state index in [2.05, 4.69) is 69.4 Å². The number of hydrogen-bond acceptors (Lipinski definition) is 4. The Morgan fingerprint density at radius 1 is 0.833 bits per heavy atom. The quantitative estimate of drug-likeness (QED) is 0.325. The summed E-state index contributed by atoms with van der Waals surface area (Å²) in [6.07, 6.45) is 0. The summed E-state index contributed by atoms with van der Waals surface area (Å²) in [5.41, 5.74) is 2.88. The van der Waals surface area contributed by atoms with Crippen LogP contribution in [0.4, 0.5) is 0 Å². The van der Waals surface area contributed by atoms with Gasteiger partial charge in [-0.2, -0.15) is 0 Å². The predicted molar refractivity (Wildman–Crippen MR) is 110 cm³/mol. The Morgan fingerprint density at radius 2 is 1.29 bits per heavy atom. The summed E-state index contributed by atoms with van der Waals surface area (Å²) < 4.78 is 24.7. The molecular formula is C18H24I2O4. The molecule has 2 aliphatic rings. The van der Waals surface area contributed by atoms with E-state index in [4.69, 9.17) is 18.9 Å². The van der Waals surface area contributed by atoms with Crippen LogP contribution in [0.2, 0.25) is 0 Å². The van der Waals surface area contributed by atoms with Gasteiger partial charge in [0.2, 0.25) is 0 Å². The van der Waals surface area contributed by atoms with E-state index in [1.165, 1.54) is 11.1 Å². The second-order valence-corrected chi connectivity index (χ2v) is 8.58. The van der Waals surface area contributed by atoms with Crippen LogP contribution in [0.25, 0.3) is 0 Å². The molecule has 0 saturated carbocycles. The number of alkyl halides is 2. The van der Waals surface area contributed by atoms with E-state index < -0.39 is 0 Å². The average Bonchev–Trinajstić information content (AvgIpc) is 2.53. The Kier molecular flexibility index (Phi) is 7.19. The molecule has 1 aromatic rings. The summed E-state index contributed by atoms with van der Waals surface area (Å²) in [6, 6.07) is 8.49. The van der Waals surface area contributed by atoms with E-state index >= 15 is 0 Å². The van der Waals surface area contributed by atoms with Gasteiger partial charge in [0.15, 0.2) is 0 Å². The summed E-state index contributed by atoms with van der Waals surface area (Å²) in [5.74, 6) is 0. The summed E-state index contributed by atoms with van der Waals surface area (Å²) in [6.45, 7) is 6.15. The molecule has 0 amide bonds. The molecule has 3 rings (SSSR count). The highest BCUT2D eigenvalue weighted by atomic mass is 127. The van der Waals surface area contributed by atoms with Gasteiger partial charge in [0.25, 0.3) is 0 Å². The van der Waals surface area contributed by atoms with Gasteiger partial charge in [-0.05, 0) is 11.1 Å². The van der Waals surface area contributed by atoms with Gasteiger partial charge in [0.05, 0.1) is 52.9 Å². The highest BCUT2D eigenvalue weighted by Gasteiger charge is 2.38. The Balaban J connectivity index is 1.42. The van der Waals surface area contributed by atoms with E-state index in [1.54, 1.807) is 0 Å². The third-order valence-corrected chi connectivity index (χ3v) is 7.78. The molecular weight excluding hydrogens is 534 g/mol. The van der Waals surface area contributed by atoms with Gasteiger partial charge >= 0.3 is 0 Å². The SMILES string of the molecule is ICC1(COCc2cccc(COCC3(CI)COC3)c2)COC1. The van der Waals surface area contributed by atoms with Crippen LogP contribution in [-0.2, 0) is 32.2 Å². The van der Waals surface area contributed by atoms with Crippen LogP contribution in [0.3, 0.4) is 0 Å². The minimum atomic E-state index is 0.236. The Bertz CT molecular complexity index is 475. The molecule has 2 fully saturated rings. The van der Waals surface area contributed by atoms with Crippen molar-refractivity contribution in [3.8, 4) is 0 Å². The molecule has 1 aromatic carbocycles. The van der Waals surface area contributed by atoms with Crippen molar-refractivity contribution in [3.05, 3.63) is 35.4 Å². The van der Waals surface area contributed by atoms with Crippen molar-refractivity contribution in [1.82, 2.24) is 0 Å². The van der Waals surface area contributed by atoms with Gasteiger partial charge < -0.3 is 18.9 Å². The van der Waals surface area contributed by atoms with Crippen molar-refractivity contribution in [2.24, 2.45) is 10.8 Å². The molecule has 0 unspecified atom stereocenters. The second kappa shape index (κ2) is 8.94. The fourth-order valence-electron chi connectivity index (χ4n) is 2.76. The smallest absolute Gasteiger partial charge is 0.0717 e. The Hall–Kier alpha value is 0.520. The average molecular weight is 558 g/mol. The lowest BCUT2D eigenvalue weighted by Gasteiger charge is -2.39. The molecule has 2 saturated heterocycles. The molecule has 0 N–H and O–H groups in total. The zero-order valence-electron chi connectivity index (χ0n) is 13.8. The van der Waals surface area contributed by atoms with Crippen molar-refractivity contribution in [2.45, 2.75) is 13.2 Å². The molecule has 24 heavy (non-hydrogen) atoms. The van der Waals surface area contributed by atoms with Gasteiger partial charge in [0, 0.05) is 19.7 Å². The zero-order chi connectivity index (χ0) is 16.9. The Morgan fingerprint density at radius 3 is 1.62 bits per heavy atom. The minimum absolute atomic E-state index is 0.236. The topological polar surface area (TPSA) is 36.9 Å². The molecule has 0 atom stereocenters. The van der Waals surface area contributed by atoms with E-state index in [0.717, 1.165) is 48.5 Å². The molecule has 2 heterocycles. The van der Waals surface area contributed by atoms with Crippen molar-refractivity contribution < 1.29 is 18.9 Å². The summed E-state index contributed by atoms with van der Waals surface area (Å²) in [7, 11) is 0. The molecule has 0 bridgehead atoms. The number of rotatable bonds is 10. The standard InChI is InChI=1S/C18H24I2O4/c19-7-17(11-23-12-17)9-21-5-15-2-1-3-16(4-15)6-22-10-18(8-20)13-24-14-18/h1-4H,5-14H2. The molecule has 2 aliphatic heterocycles. The molecule has 0 spiro atoms. The summed E-state index contributed by atoms with van der Waals surface area (Å²) in [4.78, 5) is 0. The summed E-state index contributed by atoms with van der Waals surface area (Å²) >= 11 is 4.85. The number of ether oxygens (including phenoxy) is 4. The van der Waals surface area contributed by atoms with Gasteiger partial charge in [-0.1, -0.05) is 69.4 Å². The number of halogens is 2. The fraction of sp³-hybridized carbons (Fsp3) is 0.667. The molecule has 0 aromatic heterocycles. The van der Waals surface area contributed by atoms with Gasteiger partial charge in [-0.15, -0.1) is 0 Å². The lowest BCUT2D eigenvalue weighted by Crippen LogP contribution is -2.47. The van der Waals surface area contributed by atoms with Crippen LogP contribution in [0.1, 0.15) is 11.1 Å². The van der Waals surface area contributed by atoms with Crippen molar-refractivity contribution >= 4 is 45.2 Å². The van der Waals surface area contributed by atoms with Gasteiger partial charge in [0.1, 0.15) is 0 Å². The van der Waals surface area contributed by atoms with E-state index in [-0.39, 0.29) is 10.8 Å². The maximum atomic E-state index is 5.93. The van der Waals surface area contributed by atoms with Gasteiger partial charge in [-0.25, -0.2) is 0 Å². The van der Waals surface area contributed by atoms with Crippen LogP contribution < -0.4 is 0 Å². The first kappa shape index (κ1) is 19.3. The van der Waals surface area contributed by atoms with Crippen molar-refractivity contribution in [3.63, 3.8) is 0 Å². The summed E-state index contributed by atoms with van der Waals surface area (Å²) in [5, 5.41) is 0. The highest BCUT2D eigenvalue weighted by Crippen LogP contribution is 2.31. The van der Waals surface area contributed by atoms with E-state index in [1.807, 2.05) is 0 Å². The Labute approximate surface area is 171 Å². The lowest BCUT2D eigenvalue weighted by atomic mass is 9.90. The largest absolute Gasteiger partial charge is 0.380 e. The molecule has 6 heteroatoms. The van der Waals surface area contributed by atoms with Crippen LogP contribution >= 0.6 is 45.2 Å². The predicted octanol–water partition coefficient (Wildman–Crippen LogP) is 3.62. The first-order chi connectivity index (χ1) is 11.7. The van der Waals surface area contributed by atoms with Crippen LogP contribution in [-0.4, -0.2) is 48.5 Å². The zero-order valence-corrected chi connectivity index (χ0v) is 18.1. The molecule has 134 valence electrons. The van der Waals surface area contributed by atoms with E-state index in [0.29, 0.717) is 13.2 Å². The first-order valence-electron chi connectivity index (χ1n) is 8.20. The highest BCUT2D eigenvalue weighted by molar-refractivity contribution is 14.1. The third kappa shape index (κ3) is 4.82. The number of hydrogen-bond donors (Lipinski definition) is 0. The maximum absolute atomic E-state index is 5.93. The van der Waals surface area contributed by atoms with Crippen LogP contribution in [0.5, 0.6) is 0 Å². The first-order valence-corrected chi connectivity index (χ1v) is 11.3. The van der Waals surface area contributed by atoms with Crippen molar-refractivity contribution in [1.29, 1.82) is 0 Å². The number of benzene rings is 1. The monoisotopic (exact) mass is 558 g/mol. The second-order valence-electron chi connectivity index (χ2n) is 7.06. The molecule has 0 radical (unpaired) electrons. The molecule has 4 nitrogen and oxygen atoms in total. The normalized spacial score (nSPS) is 21.1. The van der Waals surface area contributed by atoms with Gasteiger partial charge in [-0.3, -0.25) is 0 Å². The fourth-order valence-corrected chi connectivity index (χ4v) is 4.08. The molecule has 0 aliphatic carbocycles. The van der Waals surface area contributed by atoms with E-state index in [9.17, 15) is 0 Å². The maximum Gasteiger partial charge on any atom is 0.0717 e. The third-order valence-electron chi connectivity index (χ3n) is 4.55.